The van der Waals surface area contributed by atoms with Crippen molar-refractivity contribution in [2.75, 3.05) is 5.73 Å². The van der Waals surface area contributed by atoms with Crippen LogP contribution in [0.3, 0.4) is 0 Å². The van der Waals surface area contributed by atoms with E-state index in [1.165, 1.54) is 12.1 Å². The molecule has 0 saturated carbocycles. The summed E-state index contributed by atoms with van der Waals surface area (Å²) in [5.41, 5.74) is 5.89. The molecule has 1 aromatic carbocycles. The van der Waals surface area contributed by atoms with Crippen molar-refractivity contribution >= 4 is 17.7 Å². The number of carbonyl (C=O) groups excluding carboxylic acids is 1. The molecule has 0 bridgehead atoms. The molecule has 5 nitrogen and oxygen atoms in total. The number of nitro benzene ring substituents is 1. The molecule has 0 unspecified atom stereocenters. The van der Waals surface area contributed by atoms with Gasteiger partial charge in [0.25, 0.3) is 5.69 Å². The highest BCUT2D eigenvalue weighted by Gasteiger charge is 2.15. The van der Waals surface area contributed by atoms with Gasteiger partial charge >= 0.3 is 0 Å². The fraction of sp³-hybridized carbons (Fsp3) is 0.125. The molecule has 0 radical (unpaired) electrons. The van der Waals surface area contributed by atoms with E-state index in [0.717, 1.165) is 0 Å². The van der Waals surface area contributed by atoms with Gasteiger partial charge in [0.15, 0.2) is 6.29 Å². The molecule has 0 atom stereocenters. The lowest BCUT2D eigenvalue weighted by atomic mass is 10.1. The molecule has 0 amide bonds. The monoisotopic (exact) mass is 180 g/mol. The van der Waals surface area contributed by atoms with E-state index in [0.29, 0.717) is 11.8 Å². The van der Waals surface area contributed by atoms with Crippen molar-refractivity contribution in [2.45, 2.75) is 6.92 Å². The summed E-state index contributed by atoms with van der Waals surface area (Å²) in [4.78, 5) is 20.3. The summed E-state index contributed by atoms with van der Waals surface area (Å²) >= 11 is 0. The lowest BCUT2D eigenvalue weighted by molar-refractivity contribution is -0.383. The Kier molecular flexibility index (Phi) is 2.27. The molecular weight excluding hydrogens is 172 g/mol. The molecule has 68 valence electrons. The van der Waals surface area contributed by atoms with Crippen molar-refractivity contribution in [2.24, 2.45) is 0 Å². The van der Waals surface area contributed by atoms with Gasteiger partial charge in [-0.05, 0) is 18.6 Å². The van der Waals surface area contributed by atoms with E-state index in [1.54, 1.807) is 6.92 Å². The van der Waals surface area contributed by atoms with Crippen molar-refractivity contribution < 1.29 is 9.72 Å². The predicted octanol–water partition coefficient (Wildman–Crippen LogP) is 1.30. The van der Waals surface area contributed by atoms with Gasteiger partial charge in [-0.1, -0.05) is 0 Å². The van der Waals surface area contributed by atoms with Crippen LogP contribution in [-0.4, -0.2) is 11.2 Å². The molecule has 0 fully saturated rings. The largest absolute Gasteiger partial charge is 0.393 e. The SMILES string of the molecule is Cc1cc(C=O)c(N)c([N+](=O)[O-])c1. The topological polar surface area (TPSA) is 86.2 Å². The number of benzene rings is 1. The predicted molar refractivity (Wildman–Crippen MR) is 47.6 cm³/mol. The molecule has 1 rings (SSSR count). The molecule has 13 heavy (non-hydrogen) atoms. The third-order valence-electron chi connectivity index (χ3n) is 1.66. The number of rotatable bonds is 2. The van der Waals surface area contributed by atoms with Crippen LogP contribution < -0.4 is 5.73 Å². The molecule has 2 N–H and O–H groups in total. The number of carbonyl (C=O) groups is 1. The quantitative estimate of drug-likeness (QED) is 0.321. The third-order valence-corrected chi connectivity index (χ3v) is 1.66. The van der Waals surface area contributed by atoms with Crippen LogP contribution in [0, 0.1) is 17.0 Å². The van der Waals surface area contributed by atoms with Crippen molar-refractivity contribution in [1.82, 2.24) is 0 Å². The second-order valence-electron chi connectivity index (χ2n) is 2.66. The average Bonchev–Trinajstić information content (AvgIpc) is 2.08. The van der Waals surface area contributed by atoms with Crippen LogP contribution in [0.4, 0.5) is 11.4 Å². The fourth-order valence-corrected chi connectivity index (χ4v) is 1.05. The second-order valence-corrected chi connectivity index (χ2v) is 2.66. The third kappa shape index (κ3) is 1.64. The zero-order chi connectivity index (χ0) is 10.0. The van der Waals surface area contributed by atoms with Crippen LogP contribution in [-0.2, 0) is 0 Å². The van der Waals surface area contributed by atoms with Crippen molar-refractivity contribution in [3.05, 3.63) is 33.4 Å². The molecule has 0 aromatic heterocycles. The van der Waals surface area contributed by atoms with E-state index in [-0.39, 0.29) is 16.9 Å². The maximum atomic E-state index is 10.5. The minimum Gasteiger partial charge on any atom is -0.393 e. The Morgan fingerprint density at radius 2 is 2.15 bits per heavy atom. The summed E-state index contributed by atoms with van der Waals surface area (Å²) in [7, 11) is 0. The van der Waals surface area contributed by atoms with Gasteiger partial charge in [0.1, 0.15) is 5.69 Å². The molecule has 0 saturated heterocycles. The van der Waals surface area contributed by atoms with Gasteiger partial charge in [-0.2, -0.15) is 0 Å². The van der Waals surface area contributed by atoms with Crippen LogP contribution in [0.25, 0.3) is 0 Å². The zero-order valence-electron chi connectivity index (χ0n) is 6.98. The van der Waals surface area contributed by atoms with Crippen LogP contribution in [0.5, 0.6) is 0 Å². The van der Waals surface area contributed by atoms with Gasteiger partial charge in [0, 0.05) is 11.6 Å². The summed E-state index contributed by atoms with van der Waals surface area (Å²) in [6.45, 7) is 1.67. The maximum Gasteiger partial charge on any atom is 0.293 e. The molecule has 0 aliphatic carbocycles. The number of aldehydes is 1. The number of nitrogens with zero attached hydrogens (tertiary/aromatic N) is 1. The van der Waals surface area contributed by atoms with E-state index in [1.807, 2.05) is 0 Å². The summed E-state index contributed by atoms with van der Waals surface area (Å²) in [5.74, 6) is 0. The number of nitro groups is 1. The van der Waals surface area contributed by atoms with Gasteiger partial charge < -0.3 is 5.73 Å². The van der Waals surface area contributed by atoms with Gasteiger partial charge in [0.2, 0.25) is 0 Å². The van der Waals surface area contributed by atoms with E-state index >= 15 is 0 Å². The lowest BCUT2D eigenvalue weighted by Crippen LogP contribution is -2.00. The normalized spacial score (nSPS) is 9.62. The summed E-state index contributed by atoms with van der Waals surface area (Å²) in [5, 5.41) is 10.5. The minimum absolute atomic E-state index is 0.0781. The van der Waals surface area contributed by atoms with E-state index in [4.69, 9.17) is 5.73 Å². The first-order valence-corrected chi connectivity index (χ1v) is 3.56. The maximum absolute atomic E-state index is 10.5. The lowest BCUT2D eigenvalue weighted by Gasteiger charge is -2.01. The Labute approximate surface area is 74.3 Å². The summed E-state index contributed by atoms with van der Waals surface area (Å²) in [6, 6.07) is 2.84. The first-order chi connectivity index (χ1) is 6.06. The van der Waals surface area contributed by atoms with Crippen molar-refractivity contribution in [3.8, 4) is 0 Å². The first-order valence-electron chi connectivity index (χ1n) is 3.56. The highest BCUT2D eigenvalue weighted by molar-refractivity contribution is 5.87. The first kappa shape index (κ1) is 9.18. The zero-order valence-corrected chi connectivity index (χ0v) is 6.98. The van der Waals surface area contributed by atoms with Crippen LogP contribution in [0.15, 0.2) is 12.1 Å². The fourth-order valence-electron chi connectivity index (χ4n) is 1.05. The number of hydrogen-bond acceptors (Lipinski definition) is 4. The van der Waals surface area contributed by atoms with E-state index in [2.05, 4.69) is 0 Å². The van der Waals surface area contributed by atoms with Crippen LogP contribution in [0.2, 0.25) is 0 Å². The molecule has 0 aliphatic heterocycles. The Bertz CT molecular complexity index is 374. The highest BCUT2D eigenvalue weighted by atomic mass is 16.6. The molecule has 5 heteroatoms. The van der Waals surface area contributed by atoms with Crippen molar-refractivity contribution in [1.29, 1.82) is 0 Å². The standard InChI is InChI=1S/C8H8N2O3/c1-5-2-6(4-11)8(9)7(3-5)10(12)13/h2-4H,9H2,1H3. The van der Waals surface area contributed by atoms with E-state index in [9.17, 15) is 14.9 Å². The summed E-state index contributed by atoms with van der Waals surface area (Å²) in [6.07, 6.45) is 0.509. The Hall–Kier alpha value is -1.91. The Morgan fingerprint density at radius 1 is 1.54 bits per heavy atom. The summed E-state index contributed by atoms with van der Waals surface area (Å²) < 4.78 is 0. The number of nitrogen functional groups attached to an aromatic ring is 1. The second kappa shape index (κ2) is 3.22. The average molecular weight is 180 g/mol. The molecule has 0 spiro atoms. The van der Waals surface area contributed by atoms with Gasteiger partial charge in [-0.3, -0.25) is 14.9 Å². The Morgan fingerprint density at radius 3 is 2.62 bits per heavy atom. The highest BCUT2D eigenvalue weighted by Crippen LogP contribution is 2.25. The van der Waals surface area contributed by atoms with Gasteiger partial charge in [0.05, 0.1) is 4.92 Å². The Balaban J connectivity index is 3.44. The number of nitrogens with two attached hydrogens (primary N) is 1. The van der Waals surface area contributed by atoms with Crippen LogP contribution in [0.1, 0.15) is 15.9 Å². The smallest absolute Gasteiger partial charge is 0.293 e. The minimum atomic E-state index is -0.602. The van der Waals surface area contributed by atoms with Crippen LogP contribution >= 0.6 is 0 Å². The van der Waals surface area contributed by atoms with Crippen molar-refractivity contribution in [3.63, 3.8) is 0 Å². The number of aryl methyl sites for hydroxylation is 1. The van der Waals surface area contributed by atoms with Gasteiger partial charge in [-0.25, -0.2) is 0 Å². The molecule has 1 aromatic rings. The molecule has 0 heterocycles. The molecular formula is C8H8N2O3. The molecule has 0 aliphatic rings. The number of hydrogen-bond donors (Lipinski definition) is 1. The number of anilines is 1. The van der Waals surface area contributed by atoms with Gasteiger partial charge in [-0.15, -0.1) is 0 Å². The van der Waals surface area contributed by atoms with E-state index < -0.39 is 4.92 Å².